The lowest BCUT2D eigenvalue weighted by Crippen LogP contribution is -2.53. The van der Waals surface area contributed by atoms with Crippen LogP contribution in [0.3, 0.4) is 0 Å². The van der Waals surface area contributed by atoms with Gasteiger partial charge >= 0.3 is 6.18 Å². The van der Waals surface area contributed by atoms with Gasteiger partial charge < -0.3 is 15.0 Å². The summed E-state index contributed by atoms with van der Waals surface area (Å²) in [6.45, 7) is 2.63. The van der Waals surface area contributed by atoms with E-state index in [1.54, 1.807) is 0 Å². The predicted octanol–water partition coefficient (Wildman–Crippen LogP) is 2.44. The number of carbonyl (C=O) groups is 1. The second-order valence-corrected chi connectivity index (χ2v) is 7.79. The molecule has 3 fully saturated rings. The van der Waals surface area contributed by atoms with Gasteiger partial charge in [-0.2, -0.15) is 13.2 Å². The first-order chi connectivity index (χ1) is 12.4. The largest absolute Gasteiger partial charge is 0.411 e. The van der Waals surface area contributed by atoms with E-state index in [1.165, 1.54) is 25.7 Å². The zero-order chi connectivity index (χ0) is 18.6. The van der Waals surface area contributed by atoms with Gasteiger partial charge in [0.1, 0.15) is 6.61 Å². The third kappa shape index (κ3) is 6.76. The van der Waals surface area contributed by atoms with Crippen LogP contribution < -0.4 is 5.32 Å². The first kappa shape index (κ1) is 22.7. The van der Waals surface area contributed by atoms with E-state index in [2.05, 4.69) is 15.0 Å². The van der Waals surface area contributed by atoms with Crippen LogP contribution in [0.4, 0.5) is 13.2 Å². The Hall–Kier alpha value is -0.570. The topological polar surface area (TPSA) is 44.8 Å². The van der Waals surface area contributed by atoms with Crippen molar-refractivity contribution in [1.82, 2.24) is 15.1 Å². The second-order valence-electron chi connectivity index (χ2n) is 7.79. The number of amides is 1. The maximum absolute atomic E-state index is 12.8. The van der Waals surface area contributed by atoms with Crippen molar-refractivity contribution in [2.45, 2.75) is 56.8 Å². The van der Waals surface area contributed by atoms with Crippen molar-refractivity contribution < 1.29 is 22.7 Å². The monoisotopic (exact) mass is 413 g/mol. The fourth-order valence-corrected chi connectivity index (χ4v) is 4.50. The lowest BCUT2D eigenvalue weighted by Gasteiger charge is -2.36. The molecular formula is C18H31ClF3N3O2. The number of halogens is 4. The predicted molar refractivity (Wildman–Crippen MR) is 99.0 cm³/mol. The number of nitrogens with zero attached hydrogens (tertiary/aromatic N) is 2. The second kappa shape index (κ2) is 10.3. The molecule has 3 unspecified atom stereocenters. The summed E-state index contributed by atoms with van der Waals surface area (Å²) in [5, 5.41) is 3.55. The molecule has 1 saturated carbocycles. The van der Waals surface area contributed by atoms with Gasteiger partial charge in [-0.3, -0.25) is 9.69 Å². The molecule has 2 heterocycles. The van der Waals surface area contributed by atoms with E-state index in [1.807, 2.05) is 4.90 Å². The van der Waals surface area contributed by atoms with E-state index in [-0.39, 0.29) is 31.0 Å². The molecule has 9 heteroatoms. The molecular weight excluding hydrogens is 383 g/mol. The van der Waals surface area contributed by atoms with Crippen molar-refractivity contribution in [3.8, 4) is 0 Å². The summed E-state index contributed by atoms with van der Waals surface area (Å²) in [4.78, 5) is 16.9. The van der Waals surface area contributed by atoms with Gasteiger partial charge in [-0.1, -0.05) is 12.8 Å². The SMILES string of the molecule is Cl.O=C(C1CC2CCCCC2N1)N1CCN(CCCOCC(F)(F)F)CC1. The van der Waals surface area contributed by atoms with Crippen molar-refractivity contribution >= 4 is 18.3 Å². The zero-order valence-corrected chi connectivity index (χ0v) is 16.5. The Morgan fingerprint density at radius 1 is 1.11 bits per heavy atom. The first-order valence-electron chi connectivity index (χ1n) is 9.84. The Bertz CT molecular complexity index is 459. The minimum absolute atomic E-state index is 0. The van der Waals surface area contributed by atoms with Gasteiger partial charge in [0.25, 0.3) is 0 Å². The number of fused-ring (bicyclic) bond motifs is 1. The van der Waals surface area contributed by atoms with Gasteiger partial charge in [0.2, 0.25) is 5.91 Å². The number of rotatable bonds is 6. The van der Waals surface area contributed by atoms with Gasteiger partial charge in [0.15, 0.2) is 0 Å². The highest BCUT2D eigenvalue weighted by molar-refractivity contribution is 5.85. The molecule has 5 nitrogen and oxygen atoms in total. The quantitative estimate of drug-likeness (QED) is 0.679. The number of hydrogen-bond acceptors (Lipinski definition) is 4. The van der Waals surface area contributed by atoms with E-state index in [9.17, 15) is 18.0 Å². The smallest absolute Gasteiger partial charge is 0.372 e. The average molecular weight is 414 g/mol. The summed E-state index contributed by atoms with van der Waals surface area (Å²) in [6, 6.07) is 0.501. The Balaban J connectivity index is 0.00000261. The summed E-state index contributed by atoms with van der Waals surface area (Å²) in [7, 11) is 0. The van der Waals surface area contributed by atoms with Crippen molar-refractivity contribution in [3.63, 3.8) is 0 Å². The van der Waals surface area contributed by atoms with Gasteiger partial charge in [0, 0.05) is 45.4 Å². The van der Waals surface area contributed by atoms with Gasteiger partial charge in [0.05, 0.1) is 6.04 Å². The summed E-state index contributed by atoms with van der Waals surface area (Å²) in [6.07, 6.45) is 2.29. The first-order valence-corrected chi connectivity index (χ1v) is 9.84. The molecule has 27 heavy (non-hydrogen) atoms. The lowest BCUT2D eigenvalue weighted by molar-refractivity contribution is -0.174. The van der Waals surface area contributed by atoms with Crippen LogP contribution >= 0.6 is 12.4 Å². The molecule has 0 aromatic heterocycles. The standard InChI is InChI=1S/C18H30F3N3O2.ClH/c19-18(20,21)13-26-11-3-6-23-7-9-24(10-8-23)17(25)16-12-14-4-1-2-5-15(14)22-16;/h14-16,22H,1-13H2;1H. The maximum Gasteiger partial charge on any atom is 0.411 e. The highest BCUT2D eigenvalue weighted by Crippen LogP contribution is 2.33. The van der Waals surface area contributed by atoms with Crippen LogP contribution in [0, 0.1) is 5.92 Å². The Labute approximate surface area is 165 Å². The van der Waals surface area contributed by atoms with Crippen LogP contribution in [0.5, 0.6) is 0 Å². The zero-order valence-electron chi connectivity index (χ0n) is 15.7. The molecule has 0 radical (unpaired) electrons. The van der Waals surface area contributed by atoms with Gasteiger partial charge in [-0.15, -0.1) is 12.4 Å². The number of carbonyl (C=O) groups excluding carboxylic acids is 1. The summed E-state index contributed by atoms with van der Waals surface area (Å²) >= 11 is 0. The molecule has 3 atom stereocenters. The Kier molecular flexibility index (Phi) is 8.65. The highest BCUT2D eigenvalue weighted by Gasteiger charge is 2.40. The maximum atomic E-state index is 12.8. The molecule has 2 aliphatic heterocycles. The van der Waals surface area contributed by atoms with Crippen molar-refractivity contribution in [2.24, 2.45) is 5.92 Å². The minimum Gasteiger partial charge on any atom is -0.372 e. The van der Waals surface area contributed by atoms with Gasteiger partial charge in [-0.05, 0) is 31.6 Å². The van der Waals surface area contributed by atoms with E-state index in [0.29, 0.717) is 38.0 Å². The van der Waals surface area contributed by atoms with Crippen LogP contribution in [-0.4, -0.2) is 79.9 Å². The minimum atomic E-state index is -4.25. The molecule has 1 amide bonds. The third-order valence-electron chi connectivity index (χ3n) is 5.87. The molecule has 1 N–H and O–H groups in total. The van der Waals surface area contributed by atoms with E-state index in [4.69, 9.17) is 0 Å². The Morgan fingerprint density at radius 3 is 2.48 bits per heavy atom. The Morgan fingerprint density at radius 2 is 1.81 bits per heavy atom. The van der Waals surface area contributed by atoms with E-state index >= 15 is 0 Å². The molecule has 3 aliphatic rings. The number of piperazine rings is 1. The van der Waals surface area contributed by atoms with Crippen LogP contribution in [0.25, 0.3) is 0 Å². The third-order valence-corrected chi connectivity index (χ3v) is 5.87. The molecule has 2 saturated heterocycles. The number of ether oxygens (including phenoxy) is 1. The lowest BCUT2D eigenvalue weighted by atomic mass is 9.85. The number of hydrogen-bond donors (Lipinski definition) is 1. The molecule has 1 aliphatic carbocycles. The normalized spacial score (nSPS) is 29.3. The fourth-order valence-electron chi connectivity index (χ4n) is 4.50. The molecule has 0 aromatic rings. The summed E-state index contributed by atoms with van der Waals surface area (Å²) in [5.74, 6) is 0.892. The summed E-state index contributed by atoms with van der Waals surface area (Å²) < 4.78 is 40.6. The van der Waals surface area contributed by atoms with Crippen molar-refractivity contribution in [3.05, 3.63) is 0 Å². The highest BCUT2D eigenvalue weighted by atomic mass is 35.5. The van der Waals surface area contributed by atoms with Crippen LogP contribution in [-0.2, 0) is 9.53 Å². The average Bonchev–Trinajstić information content (AvgIpc) is 3.04. The fraction of sp³-hybridized carbons (Fsp3) is 0.944. The van der Waals surface area contributed by atoms with Crippen LogP contribution in [0.2, 0.25) is 0 Å². The number of alkyl halides is 3. The van der Waals surface area contributed by atoms with E-state index < -0.39 is 12.8 Å². The van der Waals surface area contributed by atoms with Gasteiger partial charge in [-0.25, -0.2) is 0 Å². The van der Waals surface area contributed by atoms with E-state index in [0.717, 1.165) is 19.5 Å². The molecule has 3 rings (SSSR count). The molecule has 0 spiro atoms. The summed E-state index contributed by atoms with van der Waals surface area (Å²) in [5.41, 5.74) is 0. The van der Waals surface area contributed by atoms with Crippen molar-refractivity contribution in [2.75, 3.05) is 45.9 Å². The van der Waals surface area contributed by atoms with Crippen LogP contribution in [0.15, 0.2) is 0 Å². The molecule has 0 aromatic carbocycles. The van der Waals surface area contributed by atoms with Crippen molar-refractivity contribution in [1.29, 1.82) is 0 Å². The van der Waals surface area contributed by atoms with Crippen LogP contribution in [0.1, 0.15) is 38.5 Å². The molecule has 158 valence electrons. The number of nitrogens with one attached hydrogen (secondary N) is 1. The molecule has 0 bridgehead atoms.